The summed E-state index contributed by atoms with van der Waals surface area (Å²) in [7, 11) is 0. The van der Waals surface area contributed by atoms with Crippen LogP contribution in [0.25, 0.3) is 0 Å². The Kier molecular flexibility index (Phi) is 3.43. The van der Waals surface area contributed by atoms with E-state index >= 15 is 0 Å². The van der Waals surface area contributed by atoms with Crippen molar-refractivity contribution in [3.05, 3.63) is 29.8 Å². The first kappa shape index (κ1) is 12.4. The van der Waals surface area contributed by atoms with Crippen LogP contribution in [0, 0.1) is 5.41 Å². The van der Waals surface area contributed by atoms with Gasteiger partial charge in [-0.3, -0.25) is 0 Å². The number of benzene rings is 1. The lowest BCUT2D eigenvalue weighted by atomic mass is 9.54. The summed E-state index contributed by atoms with van der Waals surface area (Å²) < 4.78 is 5.47. The molecule has 1 fully saturated rings. The van der Waals surface area contributed by atoms with E-state index in [4.69, 9.17) is 10.5 Å². The van der Waals surface area contributed by atoms with Crippen LogP contribution in [0.15, 0.2) is 24.3 Å². The highest BCUT2D eigenvalue weighted by Gasteiger charge is 2.48. The molecule has 1 saturated carbocycles. The standard InChI is InChI=1S/C15H23NO/c1-4-15(3)13(10-14(15)16)11-6-8-12(9-7-11)17-5-2/h6-9,13-14H,4-5,10,16H2,1-3H3. The lowest BCUT2D eigenvalue weighted by Gasteiger charge is -2.53. The van der Waals surface area contributed by atoms with Gasteiger partial charge in [0.15, 0.2) is 0 Å². The van der Waals surface area contributed by atoms with Gasteiger partial charge in [0.1, 0.15) is 5.75 Å². The normalized spacial score (nSPS) is 32.0. The molecule has 0 amide bonds. The number of hydrogen-bond acceptors (Lipinski definition) is 2. The molecular weight excluding hydrogens is 210 g/mol. The largest absolute Gasteiger partial charge is 0.494 e. The van der Waals surface area contributed by atoms with Crippen LogP contribution >= 0.6 is 0 Å². The molecule has 17 heavy (non-hydrogen) atoms. The molecule has 2 rings (SSSR count). The number of hydrogen-bond donors (Lipinski definition) is 1. The van der Waals surface area contributed by atoms with E-state index in [1.54, 1.807) is 0 Å². The van der Waals surface area contributed by atoms with Crippen molar-refractivity contribution in [2.75, 3.05) is 6.61 Å². The zero-order valence-corrected chi connectivity index (χ0v) is 11.1. The minimum absolute atomic E-state index is 0.271. The molecule has 2 N–H and O–H groups in total. The maximum atomic E-state index is 6.15. The summed E-state index contributed by atoms with van der Waals surface area (Å²) in [4.78, 5) is 0. The predicted molar refractivity (Wildman–Crippen MR) is 71.3 cm³/mol. The van der Waals surface area contributed by atoms with E-state index in [9.17, 15) is 0 Å². The van der Waals surface area contributed by atoms with Gasteiger partial charge in [-0.25, -0.2) is 0 Å². The van der Waals surface area contributed by atoms with Gasteiger partial charge in [0.05, 0.1) is 6.61 Å². The van der Waals surface area contributed by atoms with Crippen LogP contribution in [-0.4, -0.2) is 12.6 Å². The van der Waals surface area contributed by atoms with E-state index in [0.717, 1.165) is 25.2 Å². The van der Waals surface area contributed by atoms with Crippen molar-refractivity contribution in [3.8, 4) is 5.75 Å². The minimum atomic E-state index is 0.271. The summed E-state index contributed by atoms with van der Waals surface area (Å²) in [5.41, 5.74) is 7.82. The van der Waals surface area contributed by atoms with Gasteiger partial charge in [-0.05, 0) is 48.8 Å². The van der Waals surface area contributed by atoms with E-state index in [1.165, 1.54) is 5.56 Å². The molecule has 0 saturated heterocycles. The van der Waals surface area contributed by atoms with Crippen molar-refractivity contribution in [2.45, 2.75) is 45.6 Å². The van der Waals surface area contributed by atoms with Crippen molar-refractivity contribution < 1.29 is 4.74 Å². The minimum Gasteiger partial charge on any atom is -0.494 e. The third kappa shape index (κ3) is 2.06. The smallest absolute Gasteiger partial charge is 0.119 e. The first-order chi connectivity index (χ1) is 8.11. The van der Waals surface area contributed by atoms with Crippen molar-refractivity contribution in [3.63, 3.8) is 0 Å². The molecule has 94 valence electrons. The first-order valence-corrected chi connectivity index (χ1v) is 6.60. The van der Waals surface area contributed by atoms with E-state index < -0.39 is 0 Å². The SMILES string of the molecule is CCOc1ccc(C2CC(N)C2(C)CC)cc1. The Morgan fingerprint density at radius 1 is 1.29 bits per heavy atom. The number of ether oxygens (including phenoxy) is 1. The molecule has 0 aliphatic heterocycles. The van der Waals surface area contributed by atoms with Gasteiger partial charge in [0, 0.05) is 6.04 Å². The molecule has 1 aromatic carbocycles. The molecule has 1 aliphatic rings. The second-order valence-electron chi connectivity index (χ2n) is 5.26. The molecule has 0 aromatic heterocycles. The summed E-state index contributed by atoms with van der Waals surface area (Å²) in [5.74, 6) is 1.57. The summed E-state index contributed by atoms with van der Waals surface area (Å²) in [6.45, 7) is 7.27. The Bertz CT molecular complexity index is 373. The molecule has 3 atom stereocenters. The molecule has 0 bridgehead atoms. The average molecular weight is 233 g/mol. The van der Waals surface area contributed by atoms with Crippen LogP contribution < -0.4 is 10.5 Å². The van der Waals surface area contributed by atoms with E-state index in [0.29, 0.717) is 12.0 Å². The third-order valence-electron chi connectivity index (χ3n) is 4.49. The molecule has 0 heterocycles. The molecule has 0 radical (unpaired) electrons. The Morgan fingerprint density at radius 2 is 1.94 bits per heavy atom. The van der Waals surface area contributed by atoms with Crippen molar-refractivity contribution >= 4 is 0 Å². The zero-order chi connectivity index (χ0) is 12.5. The number of rotatable bonds is 4. The summed E-state index contributed by atoms with van der Waals surface area (Å²) in [5, 5.41) is 0. The average Bonchev–Trinajstić information content (AvgIpc) is 2.36. The quantitative estimate of drug-likeness (QED) is 0.866. The second-order valence-corrected chi connectivity index (χ2v) is 5.26. The zero-order valence-electron chi connectivity index (χ0n) is 11.1. The van der Waals surface area contributed by atoms with Crippen LogP contribution in [0.5, 0.6) is 5.75 Å². The van der Waals surface area contributed by atoms with Gasteiger partial charge in [-0.1, -0.05) is 26.0 Å². The lowest BCUT2D eigenvalue weighted by Crippen LogP contribution is -2.54. The maximum absolute atomic E-state index is 6.15. The number of nitrogens with two attached hydrogens (primary N) is 1. The molecule has 2 heteroatoms. The van der Waals surface area contributed by atoms with E-state index in [-0.39, 0.29) is 5.41 Å². The van der Waals surface area contributed by atoms with Gasteiger partial charge in [-0.15, -0.1) is 0 Å². The van der Waals surface area contributed by atoms with Crippen molar-refractivity contribution in [1.82, 2.24) is 0 Å². The highest BCUT2D eigenvalue weighted by Crippen LogP contribution is 2.53. The Labute approximate surface area is 104 Å². The van der Waals surface area contributed by atoms with Gasteiger partial charge in [-0.2, -0.15) is 0 Å². The topological polar surface area (TPSA) is 35.2 Å². The molecule has 2 nitrogen and oxygen atoms in total. The third-order valence-corrected chi connectivity index (χ3v) is 4.49. The van der Waals surface area contributed by atoms with Crippen LogP contribution in [0.4, 0.5) is 0 Å². The molecule has 0 spiro atoms. The molecule has 1 aromatic rings. The van der Waals surface area contributed by atoms with Crippen LogP contribution in [-0.2, 0) is 0 Å². The monoisotopic (exact) mass is 233 g/mol. The highest BCUT2D eigenvalue weighted by atomic mass is 16.5. The molecule has 1 aliphatic carbocycles. The lowest BCUT2D eigenvalue weighted by molar-refractivity contribution is 0.0705. The molecular formula is C15H23NO. The van der Waals surface area contributed by atoms with Gasteiger partial charge < -0.3 is 10.5 Å². The predicted octanol–water partition coefficient (Wildman–Crippen LogP) is 3.32. The van der Waals surface area contributed by atoms with Crippen LogP contribution in [0.1, 0.15) is 45.1 Å². The Balaban J connectivity index is 2.13. The maximum Gasteiger partial charge on any atom is 0.119 e. The Hall–Kier alpha value is -1.02. The fraction of sp³-hybridized carbons (Fsp3) is 0.600. The molecule has 3 unspecified atom stereocenters. The van der Waals surface area contributed by atoms with E-state index in [1.807, 2.05) is 6.92 Å². The Morgan fingerprint density at radius 3 is 2.41 bits per heavy atom. The van der Waals surface area contributed by atoms with Gasteiger partial charge in [0.25, 0.3) is 0 Å². The van der Waals surface area contributed by atoms with Crippen LogP contribution in [0.2, 0.25) is 0 Å². The highest BCUT2D eigenvalue weighted by molar-refractivity contribution is 5.33. The second kappa shape index (κ2) is 4.69. The summed E-state index contributed by atoms with van der Waals surface area (Å²) in [6, 6.07) is 8.87. The first-order valence-electron chi connectivity index (χ1n) is 6.60. The summed E-state index contributed by atoms with van der Waals surface area (Å²) in [6.07, 6.45) is 2.25. The van der Waals surface area contributed by atoms with Crippen LogP contribution in [0.3, 0.4) is 0 Å². The van der Waals surface area contributed by atoms with Crippen molar-refractivity contribution in [2.24, 2.45) is 11.1 Å². The fourth-order valence-corrected chi connectivity index (χ4v) is 2.88. The van der Waals surface area contributed by atoms with Gasteiger partial charge >= 0.3 is 0 Å². The fourth-order valence-electron chi connectivity index (χ4n) is 2.88. The van der Waals surface area contributed by atoms with E-state index in [2.05, 4.69) is 38.1 Å². The van der Waals surface area contributed by atoms with Gasteiger partial charge in [0.2, 0.25) is 0 Å². The van der Waals surface area contributed by atoms with Crippen molar-refractivity contribution in [1.29, 1.82) is 0 Å². The summed E-state index contributed by atoms with van der Waals surface area (Å²) >= 11 is 0.